The third kappa shape index (κ3) is 2.76. The summed E-state index contributed by atoms with van der Waals surface area (Å²) in [4.78, 5) is 26.5. The van der Waals surface area contributed by atoms with Gasteiger partial charge in [-0.2, -0.15) is 0 Å². The number of nitrogens with zero attached hydrogens (tertiary/aromatic N) is 2. The van der Waals surface area contributed by atoms with Gasteiger partial charge in [0.2, 0.25) is 0 Å². The Balaban J connectivity index is 1.43. The number of pyridine rings is 1. The van der Waals surface area contributed by atoms with Crippen LogP contribution in [0.25, 0.3) is 10.9 Å². The molecule has 1 aromatic carbocycles. The molecule has 3 aromatic rings. The molecule has 134 valence electrons. The molecular formula is C21H24N4O. The number of aromatic nitrogens is 3. The average Bonchev–Trinajstić information content (AvgIpc) is 3.28. The van der Waals surface area contributed by atoms with Gasteiger partial charge < -0.3 is 9.97 Å². The lowest BCUT2D eigenvalue weighted by Crippen LogP contribution is -2.27. The van der Waals surface area contributed by atoms with Crippen LogP contribution >= 0.6 is 0 Å². The van der Waals surface area contributed by atoms with Gasteiger partial charge in [-0.05, 0) is 62.6 Å². The van der Waals surface area contributed by atoms with Crippen LogP contribution in [-0.4, -0.2) is 26.4 Å². The van der Waals surface area contributed by atoms with E-state index in [2.05, 4.69) is 20.9 Å². The predicted molar refractivity (Wildman–Crippen MR) is 102 cm³/mol. The van der Waals surface area contributed by atoms with Crippen LogP contribution in [0.2, 0.25) is 0 Å². The molecule has 0 spiro atoms. The van der Waals surface area contributed by atoms with Gasteiger partial charge in [-0.3, -0.25) is 9.69 Å². The van der Waals surface area contributed by atoms with Crippen LogP contribution in [0, 0.1) is 0 Å². The summed E-state index contributed by atoms with van der Waals surface area (Å²) in [6, 6.07) is 10.3. The topological polar surface area (TPSA) is 64.8 Å². The number of imidazole rings is 1. The second kappa shape index (κ2) is 6.40. The van der Waals surface area contributed by atoms with Gasteiger partial charge in [0.1, 0.15) is 5.82 Å². The van der Waals surface area contributed by atoms with E-state index in [4.69, 9.17) is 4.98 Å². The summed E-state index contributed by atoms with van der Waals surface area (Å²) in [6.45, 7) is 1.69. The maximum absolute atomic E-state index is 12.5. The number of hydrogen-bond acceptors (Lipinski definition) is 3. The zero-order valence-corrected chi connectivity index (χ0v) is 14.9. The Morgan fingerprint density at radius 1 is 1.12 bits per heavy atom. The number of likely N-dealkylation sites (tertiary alicyclic amines) is 1. The Morgan fingerprint density at radius 2 is 2.00 bits per heavy atom. The Morgan fingerprint density at radius 3 is 2.92 bits per heavy atom. The van der Waals surface area contributed by atoms with Gasteiger partial charge in [-0.15, -0.1) is 0 Å². The second-order valence-electron chi connectivity index (χ2n) is 7.59. The van der Waals surface area contributed by atoms with Gasteiger partial charge in [-0.1, -0.05) is 18.2 Å². The quantitative estimate of drug-likeness (QED) is 0.762. The van der Waals surface area contributed by atoms with E-state index in [1.807, 2.05) is 24.3 Å². The van der Waals surface area contributed by atoms with Crippen molar-refractivity contribution in [3.63, 3.8) is 0 Å². The largest absolute Gasteiger partial charge is 0.344 e. The van der Waals surface area contributed by atoms with E-state index >= 15 is 0 Å². The minimum absolute atomic E-state index is 0.0214. The van der Waals surface area contributed by atoms with Crippen molar-refractivity contribution in [1.29, 1.82) is 0 Å². The SMILES string of the molecule is O=c1[nH]c2ccccc2cc1CN1CCCC1c1nc2c([nH]1)CCCC2. The van der Waals surface area contributed by atoms with Gasteiger partial charge in [-0.25, -0.2) is 4.98 Å². The molecule has 26 heavy (non-hydrogen) atoms. The highest BCUT2D eigenvalue weighted by Crippen LogP contribution is 2.33. The van der Waals surface area contributed by atoms with E-state index in [-0.39, 0.29) is 5.56 Å². The molecular weight excluding hydrogens is 324 g/mol. The molecule has 2 N–H and O–H groups in total. The molecule has 0 bridgehead atoms. The van der Waals surface area contributed by atoms with Crippen molar-refractivity contribution in [2.24, 2.45) is 0 Å². The van der Waals surface area contributed by atoms with Crippen LogP contribution < -0.4 is 5.56 Å². The lowest BCUT2D eigenvalue weighted by molar-refractivity contribution is 0.240. The van der Waals surface area contributed by atoms with Crippen molar-refractivity contribution in [3.05, 3.63) is 63.5 Å². The standard InChI is InChI=1S/C21H24N4O/c26-21-15(12-14-6-1-2-7-16(14)24-21)13-25-11-5-10-19(25)20-22-17-8-3-4-9-18(17)23-20/h1-2,6-7,12,19H,3-5,8-11,13H2,(H,22,23)(H,24,26). The summed E-state index contributed by atoms with van der Waals surface area (Å²) in [5.41, 5.74) is 4.36. The van der Waals surface area contributed by atoms with Crippen LogP contribution in [0.4, 0.5) is 0 Å². The maximum Gasteiger partial charge on any atom is 0.252 e. The number of benzene rings is 1. The molecule has 2 aromatic heterocycles. The minimum atomic E-state index is 0.0214. The minimum Gasteiger partial charge on any atom is -0.344 e. The zero-order chi connectivity index (χ0) is 17.5. The van der Waals surface area contributed by atoms with Crippen molar-refractivity contribution >= 4 is 10.9 Å². The molecule has 1 aliphatic carbocycles. The summed E-state index contributed by atoms with van der Waals surface area (Å²) in [7, 11) is 0. The van der Waals surface area contributed by atoms with Crippen molar-refractivity contribution in [3.8, 4) is 0 Å². The summed E-state index contributed by atoms with van der Waals surface area (Å²) in [5, 5.41) is 1.09. The normalized spacial score (nSPS) is 20.5. The monoisotopic (exact) mass is 348 g/mol. The summed E-state index contributed by atoms with van der Waals surface area (Å²) >= 11 is 0. The summed E-state index contributed by atoms with van der Waals surface area (Å²) < 4.78 is 0. The molecule has 1 saturated heterocycles. The Labute approximate surface area is 152 Å². The highest BCUT2D eigenvalue weighted by atomic mass is 16.1. The van der Waals surface area contributed by atoms with E-state index in [0.717, 1.165) is 54.5 Å². The Bertz CT molecular complexity index is 979. The summed E-state index contributed by atoms with van der Waals surface area (Å²) in [5.74, 6) is 1.10. The third-order valence-electron chi connectivity index (χ3n) is 5.86. The van der Waals surface area contributed by atoms with Crippen molar-refractivity contribution in [2.75, 3.05) is 6.54 Å². The first-order valence-corrected chi connectivity index (χ1v) is 9.70. The van der Waals surface area contributed by atoms with Gasteiger partial charge in [0.05, 0.1) is 11.7 Å². The van der Waals surface area contributed by atoms with Crippen molar-refractivity contribution in [2.45, 2.75) is 51.1 Å². The number of fused-ring (bicyclic) bond motifs is 2. The molecule has 0 saturated carbocycles. The fourth-order valence-electron chi connectivity index (χ4n) is 4.49. The molecule has 1 unspecified atom stereocenters. The van der Waals surface area contributed by atoms with E-state index < -0.39 is 0 Å². The van der Waals surface area contributed by atoms with Crippen molar-refractivity contribution < 1.29 is 0 Å². The van der Waals surface area contributed by atoms with Crippen molar-refractivity contribution in [1.82, 2.24) is 19.9 Å². The zero-order valence-electron chi connectivity index (χ0n) is 14.9. The first-order valence-electron chi connectivity index (χ1n) is 9.70. The van der Waals surface area contributed by atoms with Crippen LogP contribution in [0.3, 0.4) is 0 Å². The van der Waals surface area contributed by atoms with E-state index in [0.29, 0.717) is 12.6 Å². The highest BCUT2D eigenvalue weighted by Gasteiger charge is 2.30. The molecule has 5 heteroatoms. The van der Waals surface area contributed by atoms with E-state index in [9.17, 15) is 4.79 Å². The van der Waals surface area contributed by atoms with Crippen LogP contribution in [0.5, 0.6) is 0 Å². The fraction of sp³-hybridized carbons (Fsp3) is 0.429. The molecule has 3 heterocycles. The van der Waals surface area contributed by atoms with E-state index in [1.165, 1.54) is 24.2 Å². The average molecular weight is 348 g/mol. The lowest BCUT2D eigenvalue weighted by Gasteiger charge is -2.22. The number of para-hydroxylation sites is 1. The fourth-order valence-corrected chi connectivity index (χ4v) is 4.49. The van der Waals surface area contributed by atoms with Crippen LogP contribution in [0.1, 0.15) is 54.5 Å². The van der Waals surface area contributed by atoms with Gasteiger partial charge in [0.15, 0.2) is 0 Å². The molecule has 0 radical (unpaired) electrons. The molecule has 5 nitrogen and oxygen atoms in total. The molecule has 5 rings (SSSR count). The summed E-state index contributed by atoms with van der Waals surface area (Å²) in [6.07, 6.45) is 7.00. The molecule has 0 amide bonds. The molecule has 1 atom stereocenters. The van der Waals surface area contributed by atoms with Crippen LogP contribution in [0.15, 0.2) is 35.1 Å². The smallest absolute Gasteiger partial charge is 0.252 e. The van der Waals surface area contributed by atoms with Gasteiger partial charge >= 0.3 is 0 Å². The maximum atomic E-state index is 12.5. The first-order chi connectivity index (χ1) is 12.8. The third-order valence-corrected chi connectivity index (χ3v) is 5.86. The number of aryl methyl sites for hydroxylation is 2. The number of hydrogen-bond donors (Lipinski definition) is 2. The van der Waals surface area contributed by atoms with Crippen LogP contribution in [-0.2, 0) is 19.4 Å². The predicted octanol–water partition coefficient (Wildman–Crippen LogP) is 3.47. The Kier molecular flexibility index (Phi) is 3.89. The number of nitrogens with one attached hydrogen (secondary N) is 2. The van der Waals surface area contributed by atoms with Gasteiger partial charge in [0, 0.05) is 23.3 Å². The lowest BCUT2D eigenvalue weighted by atomic mass is 10.0. The molecule has 1 fully saturated rings. The van der Waals surface area contributed by atoms with Gasteiger partial charge in [0.25, 0.3) is 5.56 Å². The first kappa shape index (κ1) is 15.8. The number of rotatable bonds is 3. The number of H-pyrrole nitrogens is 2. The molecule has 1 aliphatic heterocycles. The second-order valence-corrected chi connectivity index (χ2v) is 7.59. The number of aromatic amines is 2. The molecule has 2 aliphatic rings. The highest BCUT2D eigenvalue weighted by molar-refractivity contribution is 5.78. The van der Waals surface area contributed by atoms with E-state index in [1.54, 1.807) is 0 Å². The Hall–Kier alpha value is -2.40.